The van der Waals surface area contributed by atoms with Crippen LogP contribution in [0.4, 0.5) is 0 Å². The van der Waals surface area contributed by atoms with E-state index in [-0.39, 0.29) is 0 Å². The molecule has 1 atom stereocenters. The monoisotopic (exact) mass is 137 g/mol. The zero-order valence-corrected chi connectivity index (χ0v) is 5.52. The number of aliphatic hydroxyl groups is 1. The second-order valence-corrected chi connectivity index (χ2v) is 1.93. The molecule has 0 aliphatic rings. The average molecular weight is 137 g/mol. The fourth-order valence-corrected chi connectivity index (χ4v) is 0.698. The molecule has 1 rings (SSSR count). The summed E-state index contributed by atoms with van der Waals surface area (Å²) in [5, 5.41) is 17.2. The largest absolute Gasteiger partial charge is 0.371 e. The Morgan fingerprint density at radius 3 is 3.00 bits per heavy atom. The molecule has 1 N–H and O–H groups in total. The van der Waals surface area contributed by atoms with Crippen molar-refractivity contribution in [3.63, 3.8) is 0 Å². The van der Waals surface area contributed by atoms with E-state index in [9.17, 15) is 0 Å². The molecule has 1 heterocycles. The molecule has 4 heteroatoms. The number of nitriles is 1. The predicted molar refractivity (Wildman–Crippen MR) is 33.8 cm³/mol. The lowest BCUT2D eigenvalue weighted by Crippen LogP contribution is -2.02. The molecule has 0 amide bonds. The summed E-state index contributed by atoms with van der Waals surface area (Å²) in [6.07, 6.45) is 2.10. The minimum atomic E-state index is -1.11. The number of aliphatic hydroxyl groups excluding tert-OH is 1. The molecule has 0 radical (unpaired) electrons. The van der Waals surface area contributed by atoms with Gasteiger partial charge in [-0.3, -0.25) is 0 Å². The first-order valence-electron chi connectivity index (χ1n) is 2.80. The predicted octanol–water partition coefficient (Wildman–Crippen LogP) is -0.0229. The second-order valence-electron chi connectivity index (χ2n) is 1.93. The van der Waals surface area contributed by atoms with E-state index in [4.69, 9.17) is 10.4 Å². The Morgan fingerprint density at radius 1 is 1.90 bits per heavy atom. The fourth-order valence-electron chi connectivity index (χ4n) is 0.698. The Labute approximate surface area is 58.4 Å². The molecule has 52 valence electrons. The van der Waals surface area contributed by atoms with Crippen LogP contribution in [0, 0.1) is 11.3 Å². The first-order chi connectivity index (χ1) is 4.75. The van der Waals surface area contributed by atoms with E-state index in [1.54, 1.807) is 23.9 Å². The highest BCUT2D eigenvalue weighted by molar-refractivity contribution is 5.03. The van der Waals surface area contributed by atoms with Crippen molar-refractivity contribution in [2.75, 3.05) is 0 Å². The van der Waals surface area contributed by atoms with Crippen molar-refractivity contribution in [3.05, 3.63) is 18.2 Å². The molecule has 10 heavy (non-hydrogen) atoms. The molecular formula is C6H7N3O. The average Bonchev–Trinajstić information content (AvgIpc) is 2.34. The first kappa shape index (κ1) is 6.78. The molecular weight excluding hydrogens is 130 g/mol. The van der Waals surface area contributed by atoms with Gasteiger partial charge >= 0.3 is 0 Å². The Balaban J connectivity index is 2.96. The van der Waals surface area contributed by atoms with Crippen molar-refractivity contribution in [2.24, 2.45) is 7.05 Å². The zero-order chi connectivity index (χ0) is 7.56. The molecule has 0 spiro atoms. The van der Waals surface area contributed by atoms with Gasteiger partial charge in [0.1, 0.15) is 6.07 Å². The first-order valence-corrected chi connectivity index (χ1v) is 2.80. The normalized spacial score (nSPS) is 12.5. The van der Waals surface area contributed by atoms with Gasteiger partial charge in [-0.1, -0.05) is 0 Å². The van der Waals surface area contributed by atoms with E-state index in [1.807, 2.05) is 0 Å². The van der Waals surface area contributed by atoms with E-state index in [0.29, 0.717) is 5.82 Å². The lowest BCUT2D eigenvalue weighted by molar-refractivity contribution is 0.221. The van der Waals surface area contributed by atoms with Crippen LogP contribution in [0.5, 0.6) is 0 Å². The van der Waals surface area contributed by atoms with Gasteiger partial charge in [0.15, 0.2) is 11.9 Å². The van der Waals surface area contributed by atoms with Crippen LogP contribution < -0.4 is 0 Å². The summed E-state index contributed by atoms with van der Waals surface area (Å²) in [6, 6.07) is 1.68. The van der Waals surface area contributed by atoms with Crippen molar-refractivity contribution in [2.45, 2.75) is 6.10 Å². The summed E-state index contributed by atoms with van der Waals surface area (Å²) in [7, 11) is 1.73. The summed E-state index contributed by atoms with van der Waals surface area (Å²) < 4.78 is 1.61. The molecule has 0 aromatic carbocycles. The zero-order valence-electron chi connectivity index (χ0n) is 5.52. The van der Waals surface area contributed by atoms with Crippen LogP contribution in [-0.4, -0.2) is 14.7 Å². The van der Waals surface area contributed by atoms with Crippen molar-refractivity contribution >= 4 is 0 Å². The van der Waals surface area contributed by atoms with E-state index >= 15 is 0 Å². The van der Waals surface area contributed by atoms with Crippen LogP contribution in [0.3, 0.4) is 0 Å². The van der Waals surface area contributed by atoms with Crippen molar-refractivity contribution in [1.29, 1.82) is 5.26 Å². The van der Waals surface area contributed by atoms with Crippen LogP contribution in [0.2, 0.25) is 0 Å². The molecule has 0 aliphatic heterocycles. The van der Waals surface area contributed by atoms with Gasteiger partial charge in [0.2, 0.25) is 0 Å². The fraction of sp³-hybridized carbons (Fsp3) is 0.333. The van der Waals surface area contributed by atoms with E-state index in [2.05, 4.69) is 4.98 Å². The standard InChI is InChI=1S/C6H7N3O/c1-9-3-2-8-6(9)5(10)4-7/h2-3,5,10H,1H3/t5-/m0/s1. The second kappa shape index (κ2) is 2.50. The van der Waals surface area contributed by atoms with E-state index in [1.165, 1.54) is 6.20 Å². The van der Waals surface area contributed by atoms with Crippen LogP contribution in [0.25, 0.3) is 0 Å². The molecule has 0 fully saturated rings. The smallest absolute Gasteiger partial charge is 0.198 e. The van der Waals surface area contributed by atoms with Crippen LogP contribution in [0.15, 0.2) is 12.4 Å². The number of rotatable bonds is 1. The van der Waals surface area contributed by atoms with Gasteiger partial charge in [-0.25, -0.2) is 4.98 Å². The molecule has 0 aliphatic carbocycles. The Bertz CT molecular complexity index is 260. The summed E-state index contributed by atoms with van der Waals surface area (Å²) in [4.78, 5) is 3.78. The summed E-state index contributed by atoms with van der Waals surface area (Å²) in [5.74, 6) is 0.377. The van der Waals surface area contributed by atoms with Crippen molar-refractivity contribution in [3.8, 4) is 6.07 Å². The third-order valence-electron chi connectivity index (χ3n) is 1.23. The molecule has 1 aromatic rings. The van der Waals surface area contributed by atoms with Crippen molar-refractivity contribution < 1.29 is 5.11 Å². The van der Waals surface area contributed by atoms with Crippen LogP contribution >= 0.6 is 0 Å². The number of nitrogens with zero attached hydrogens (tertiary/aromatic N) is 3. The molecule has 0 unspecified atom stereocenters. The van der Waals surface area contributed by atoms with Gasteiger partial charge in [0.05, 0.1) is 0 Å². The quantitative estimate of drug-likeness (QED) is 0.553. The number of aromatic nitrogens is 2. The SMILES string of the molecule is Cn1ccnc1[C@@H](O)C#N. The summed E-state index contributed by atoms with van der Waals surface area (Å²) >= 11 is 0. The number of hydrogen-bond acceptors (Lipinski definition) is 3. The van der Waals surface area contributed by atoms with Gasteiger partial charge in [-0.15, -0.1) is 0 Å². The minimum Gasteiger partial charge on any atom is -0.371 e. The van der Waals surface area contributed by atoms with Crippen molar-refractivity contribution in [1.82, 2.24) is 9.55 Å². The maximum Gasteiger partial charge on any atom is 0.198 e. The minimum absolute atomic E-state index is 0.377. The highest BCUT2D eigenvalue weighted by Gasteiger charge is 2.09. The third-order valence-corrected chi connectivity index (χ3v) is 1.23. The molecule has 0 bridgehead atoms. The number of aryl methyl sites for hydroxylation is 1. The molecule has 0 saturated carbocycles. The number of imidazole rings is 1. The Hall–Kier alpha value is -1.34. The van der Waals surface area contributed by atoms with Gasteiger partial charge < -0.3 is 9.67 Å². The lowest BCUT2D eigenvalue weighted by atomic mass is 10.4. The van der Waals surface area contributed by atoms with Crippen LogP contribution in [-0.2, 0) is 7.05 Å². The van der Waals surface area contributed by atoms with Crippen LogP contribution in [0.1, 0.15) is 11.9 Å². The van der Waals surface area contributed by atoms with Gasteiger partial charge in [-0.2, -0.15) is 5.26 Å². The van der Waals surface area contributed by atoms with E-state index in [0.717, 1.165) is 0 Å². The topological polar surface area (TPSA) is 61.8 Å². The third kappa shape index (κ3) is 0.993. The molecule has 0 saturated heterocycles. The maximum absolute atomic E-state index is 8.95. The van der Waals surface area contributed by atoms with Gasteiger partial charge in [0.25, 0.3) is 0 Å². The Morgan fingerprint density at radius 2 is 2.60 bits per heavy atom. The van der Waals surface area contributed by atoms with Gasteiger partial charge in [0, 0.05) is 19.4 Å². The summed E-state index contributed by atoms with van der Waals surface area (Å²) in [6.45, 7) is 0. The summed E-state index contributed by atoms with van der Waals surface area (Å²) in [5.41, 5.74) is 0. The van der Waals surface area contributed by atoms with E-state index < -0.39 is 6.10 Å². The molecule has 1 aromatic heterocycles. The maximum atomic E-state index is 8.95. The lowest BCUT2D eigenvalue weighted by Gasteiger charge is -1.99. The van der Waals surface area contributed by atoms with Gasteiger partial charge in [-0.05, 0) is 0 Å². The Kier molecular flexibility index (Phi) is 1.69. The highest BCUT2D eigenvalue weighted by Crippen LogP contribution is 2.06. The highest BCUT2D eigenvalue weighted by atomic mass is 16.3. The number of hydrogen-bond donors (Lipinski definition) is 1. The molecule has 4 nitrogen and oxygen atoms in total.